The number of hydrogen-bond donors (Lipinski definition) is 1. The van der Waals surface area contributed by atoms with Crippen molar-refractivity contribution in [3.05, 3.63) is 48.0 Å². The van der Waals surface area contributed by atoms with Gasteiger partial charge in [0.1, 0.15) is 11.6 Å². The van der Waals surface area contributed by atoms with Crippen LogP contribution in [0.15, 0.2) is 36.7 Å². The molecule has 0 saturated carbocycles. The molecule has 2 aliphatic heterocycles. The Morgan fingerprint density at radius 3 is 2.78 bits per heavy atom. The summed E-state index contributed by atoms with van der Waals surface area (Å²) in [5, 5.41) is 0.519. The molecule has 0 bridgehead atoms. The number of aromatic amines is 1. The van der Waals surface area contributed by atoms with E-state index in [1.165, 1.54) is 6.07 Å². The first-order valence-electron chi connectivity index (χ1n) is 10.3. The average molecular weight is 463 g/mol. The molecule has 2 fully saturated rings. The molecule has 2 unspecified atom stereocenters. The van der Waals surface area contributed by atoms with Gasteiger partial charge in [0.2, 0.25) is 12.3 Å². The number of anilines is 1. The summed E-state index contributed by atoms with van der Waals surface area (Å²) in [5.74, 6) is -0.838. The first kappa shape index (κ1) is 21.2. The zero-order valence-corrected chi connectivity index (χ0v) is 18.1. The maximum absolute atomic E-state index is 15.3. The number of H-pyrrole nitrogens is 1. The van der Waals surface area contributed by atoms with Crippen LogP contribution in [-0.4, -0.2) is 42.1 Å². The van der Waals surface area contributed by atoms with Gasteiger partial charge in [-0.3, -0.25) is 4.79 Å². The van der Waals surface area contributed by atoms with Gasteiger partial charge in [-0.2, -0.15) is 0 Å². The topological polar surface area (TPSA) is 67.5 Å². The van der Waals surface area contributed by atoms with Crippen molar-refractivity contribution >= 4 is 37.2 Å². The normalized spacial score (nSPS) is 21.2. The fourth-order valence-electron chi connectivity index (χ4n) is 4.37. The molecule has 3 atom stereocenters. The van der Waals surface area contributed by atoms with Crippen LogP contribution in [0.25, 0.3) is 11.0 Å². The van der Waals surface area contributed by atoms with E-state index in [2.05, 4.69) is 19.2 Å². The summed E-state index contributed by atoms with van der Waals surface area (Å²) in [4.78, 5) is 22.0. The number of aromatic nitrogens is 2. The van der Waals surface area contributed by atoms with Crippen LogP contribution in [0.5, 0.6) is 5.75 Å². The largest absolute Gasteiger partial charge is 0.493 e. The second kappa shape index (κ2) is 8.37. The van der Waals surface area contributed by atoms with Crippen LogP contribution in [0.4, 0.5) is 18.9 Å². The minimum absolute atomic E-state index is 0.0173. The van der Waals surface area contributed by atoms with E-state index in [9.17, 15) is 13.6 Å². The minimum Gasteiger partial charge on any atom is -0.493 e. The van der Waals surface area contributed by atoms with E-state index in [4.69, 9.17) is 9.47 Å². The zero-order valence-electron chi connectivity index (χ0n) is 16.9. The third kappa shape index (κ3) is 3.63. The van der Waals surface area contributed by atoms with Crippen LogP contribution in [0.3, 0.4) is 0 Å². The number of alkyl halides is 2. The van der Waals surface area contributed by atoms with Crippen molar-refractivity contribution in [2.75, 3.05) is 24.7 Å². The molecule has 5 rings (SSSR count). The monoisotopic (exact) mass is 463 g/mol. The number of nitrogens with one attached hydrogen (secondary N) is 1. The molecule has 2 aromatic carbocycles. The Morgan fingerprint density at radius 2 is 2.09 bits per heavy atom. The maximum atomic E-state index is 15.3. The number of amides is 1. The van der Waals surface area contributed by atoms with Crippen LogP contribution in [0.2, 0.25) is 0 Å². The van der Waals surface area contributed by atoms with Gasteiger partial charge in [0.05, 0.1) is 49.1 Å². The van der Waals surface area contributed by atoms with Crippen molar-refractivity contribution in [3.8, 4) is 5.75 Å². The highest BCUT2D eigenvalue weighted by Gasteiger charge is 2.55. The molecule has 0 aliphatic carbocycles. The highest BCUT2D eigenvalue weighted by atomic mass is 31.0. The Kier molecular flexibility index (Phi) is 5.55. The molecule has 1 aromatic heterocycles. The molecule has 3 aromatic rings. The highest BCUT2D eigenvalue weighted by Crippen LogP contribution is 2.49. The Morgan fingerprint density at radius 1 is 1.28 bits per heavy atom. The van der Waals surface area contributed by atoms with Gasteiger partial charge in [0.15, 0.2) is 0 Å². The number of rotatable bonds is 7. The second-order valence-corrected chi connectivity index (χ2v) is 8.64. The smallest absolute Gasteiger partial charge is 0.241 e. The molecule has 0 radical (unpaired) electrons. The van der Waals surface area contributed by atoms with E-state index < -0.39 is 30.6 Å². The van der Waals surface area contributed by atoms with E-state index in [1.807, 2.05) is 6.07 Å². The van der Waals surface area contributed by atoms with E-state index in [-0.39, 0.29) is 24.2 Å². The van der Waals surface area contributed by atoms with Crippen LogP contribution in [-0.2, 0) is 9.53 Å². The Balaban J connectivity index is 1.49. The fourth-order valence-corrected chi connectivity index (χ4v) is 4.85. The molecular formula is C22H21F3N3O3P. The molecule has 0 spiro atoms. The predicted molar refractivity (Wildman–Crippen MR) is 116 cm³/mol. The fraction of sp³-hybridized carbons (Fsp3) is 0.364. The van der Waals surface area contributed by atoms with Gasteiger partial charge in [-0.25, -0.2) is 18.2 Å². The van der Waals surface area contributed by atoms with Gasteiger partial charge in [0, 0.05) is 29.7 Å². The maximum Gasteiger partial charge on any atom is 0.241 e. The van der Waals surface area contributed by atoms with Gasteiger partial charge >= 0.3 is 0 Å². The molecular weight excluding hydrogens is 442 g/mol. The lowest BCUT2D eigenvalue weighted by molar-refractivity contribution is -0.145. The summed E-state index contributed by atoms with van der Waals surface area (Å²) in [6.07, 6.45) is -1.34. The number of β-lactam (4-membered cyclic amide) rings is 1. The van der Waals surface area contributed by atoms with E-state index in [1.54, 1.807) is 29.4 Å². The molecule has 2 saturated heterocycles. The van der Waals surface area contributed by atoms with Crippen molar-refractivity contribution in [2.45, 2.75) is 18.9 Å². The van der Waals surface area contributed by atoms with Crippen molar-refractivity contribution in [2.24, 2.45) is 11.8 Å². The first-order valence-corrected chi connectivity index (χ1v) is 10.9. The minimum atomic E-state index is -2.48. The quantitative estimate of drug-likeness (QED) is 0.430. The number of hydrogen-bond acceptors (Lipinski definition) is 4. The average Bonchev–Trinajstić information content (AvgIpc) is 3.17. The number of halogens is 3. The zero-order chi connectivity index (χ0) is 22.4. The van der Waals surface area contributed by atoms with Gasteiger partial charge < -0.3 is 19.4 Å². The van der Waals surface area contributed by atoms with Crippen LogP contribution in [0.1, 0.15) is 18.0 Å². The number of ether oxygens (including phenoxy) is 2. The highest BCUT2D eigenvalue weighted by molar-refractivity contribution is 7.27. The molecule has 32 heavy (non-hydrogen) atoms. The van der Waals surface area contributed by atoms with Crippen LogP contribution >= 0.6 is 9.24 Å². The van der Waals surface area contributed by atoms with Crippen LogP contribution < -0.4 is 14.9 Å². The second-order valence-electron chi connectivity index (χ2n) is 8.02. The Labute approximate surface area is 184 Å². The van der Waals surface area contributed by atoms with Gasteiger partial charge in [-0.15, -0.1) is 9.24 Å². The van der Waals surface area contributed by atoms with Crippen molar-refractivity contribution in [3.63, 3.8) is 0 Å². The summed E-state index contributed by atoms with van der Waals surface area (Å²) < 4.78 is 50.7. The lowest BCUT2D eigenvalue weighted by Gasteiger charge is -2.52. The summed E-state index contributed by atoms with van der Waals surface area (Å²) in [5.41, 5.74) is 2.55. The third-order valence-electron chi connectivity index (χ3n) is 6.03. The lowest BCUT2D eigenvalue weighted by atomic mass is 9.73. The third-order valence-corrected chi connectivity index (χ3v) is 6.51. The SMILES string of the molecule is O=C1C(C2COC2)[C@H](c2c(F)cc(OCCC(F)F)cc2P)N1c1ccc2[nH]cnc2c1. The van der Waals surface area contributed by atoms with E-state index >= 15 is 4.39 Å². The van der Waals surface area contributed by atoms with E-state index in [0.29, 0.717) is 35.3 Å². The molecule has 1 N–H and O–H groups in total. The number of nitrogens with zero attached hydrogens (tertiary/aromatic N) is 2. The van der Waals surface area contributed by atoms with E-state index in [0.717, 1.165) is 5.52 Å². The summed E-state index contributed by atoms with van der Waals surface area (Å²) in [6, 6.07) is 7.71. The summed E-state index contributed by atoms with van der Waals surface area (Å²) >= 11 is 0. The molecule has 2 aliphatic rings. The van der Waals surface area contributed by atoms with Crippen molar-refractivity contribution in [1.29, 1.82) is 0 Å². The number of carbonyl (C=O) groups excluding carboxylic acids is 1. The predicted octanol–water partition coefficient (Wildman–Crippen LogP) is 3.59. The van der Waals surface area contributed by atoms with Gasteiger partial charge in [-0.1, -0.05) is 0 Å². The Bertz CT molecular complexity index is 1140. The molecule has 168 valence electrons. The Hall–Kier alpha value is -2.64. The summed E-state index contributed by atoms with van der Waals surface area (Å²) in [6.45, 7) is 0.712. The van der Waals surface area contributed by atoms with Gasteiger partial charge in [0.25, 0.3) is 0 Å². The van der Waals surface area contributed by atoms with Crippen LogP contribution in [0, 0.1) is 17.7 Å². The first-order chi connectivity index (χ1) is 15.4. The number of carbonyl (C=O) groups is 1. The number of benzene rings is 2. The van der Waals surface area contributed by atoms with Crippen molar-refractivity contribution < 1.29 is 27.4 Å². The molecule has 3 heterocycles. The summed E-state index contributed by atoms with van der Waals surface area (Å²) in [7, 11) is 2.48. The standard InChI is InChI=1S/C22H21F3N3O3P/c23-14-6-13(31-4-3-18(24)25)7-17(32)20(14)21-19(11-8-30-9-11)22(29)28(21)12-1-2-15-16(5-12)27-10-26-15/h1-2,5-7,10-11,18-19,21H,3-4,8-9,32H2,(H,26,27)/t19?,21-/m1/s1. The molecule has 1 amide bonds. The number of imidazole rings is 1. The molecule has 10 heteroatoms. The van der Waals surface area contributed by atoms with Crippen molar-refractivity contribution in [1.82, 2.24) is 9.97 Å². The lowest BCUT2D eigenvalue weighted by Crippen LogP contribution is -2.61. The number of fused-ring (bicyclic) bond motifs is 1. The van der Waals surface area contributed by atoms with Gasteiger partial charge in [-0.05, 0) is 29.6 Å². The molecule has 6 nitrogen and oxygen atoms in total.